The van der Waals surface area contributed by atoms with E-state index in [1.165, 1.54) is 30.6 Å². The van der Waals surface area contributed by atoms with Crippen LogP contribution in [0.15, 0.2) is 97.1 Å². The highest BCUT2D eigenvalue weighted by Gasteiger charge is 2.19. The van der Waals surface area contributed by atoms with Gasteiger partial charge in [-0.25, -0.2) is 4.79 Å². The number of hydrogen-bond acceptors (Lipinski definition) is 7. The summed E-state index contributed by atoms with van der Waals surface area (Å²) in [5.41, 5.74) is 1.32. The molecule has 6 rings (SSSR count). The number of phenolic OH excluding ortho intramolecular Hbond substituents is 1. The van der Waals surface area contributed by atoms with Crippen LogP contribution in [0.5, 0.6) is 28.7 Å². The number of rotatable bonds is 9. The van der Waals surface area contributed by atoms with Gasteiger partial charge in [0.25, 0.3) is 0 Å². The predicted octanol–water partition coefficient (Wildman–Crippen LogP) is 8.15. The second-order valence-corrected chi connectivity index (χ2v) is 11.1. The Balaban J connectivity index is 1.23. The number of nitrogens with zero attached hydrogens (tertiary/aromatic N) is 1. The first-order valence-corrected chi connectivity index (χ1v) is 14.7. The number of thiophene rings is 1. The first-order chi connectivity index (χ1) is 20.1. The number of ether oxygens (including phenoxy) is 3. The summed E-state index contributed by atoms with van der Waals surface area (Å²) < 4.78 is 19.0. The summed E-state index contributed by atoms with van der Waals surface area (Å²) in [6.45, 7) is 3.91. The van der Waals surface area contributed by atoms with Crippen LogP contribution >= 0.6 is 11.3 Å². The average Bonchev–Trinajstić information content (AvgIpc) is 3.36. The van der Waals surface area contributed by atoms with Crippen molar-refractivity contribution in [3.63, 3.8) is 0 Å². The largest absolute Gasteiger partial charge is 0.508 e. The monoisotopic (exact) mass is 565 g/mol. The van der Waals surface area contributed by atoms with E-state index in [2.05, 4.69) is 4.90 Å². The zero-order valence-electron chi connectivity index (χ0n) is 22.6. The van der Waals surface area contributed by atoms with E-state index in [4.69, 9.17) is 14.2 Å². The molecule has 0 saturated carbocycles. The molecule has 7 heteroatoms. The summed E-state index contributed by atoms with van der Waals surface area (Å²) in [6.07, 6.45) is 3.87. The summed E-state index contributed by atoms with van der Waals surface area (Å²) in [4.78, 5) is 15.9. The first-order valence-electron chi connectivity index (χ1n) is 13.9. The van der Waals surface area contributed by atoms with Gasteiger partial charge in [-0.15, -0.1) is 11.3 Å². The van der Waals surface area contributed by atoms with E-state index >= 15 is 0 Å². The summed E-state index contributed by atoms with van der Waals surface area (Å²) in [5, 5.41) is 11.0. The Bertz CT molecular complexity index is 1620. The standard InChI is InChI=1S/C34H31NO5S/c36-26-11-7-10-25(22-26)33-32(39-28-14-12-27(13-15-28)38-21-20-35-18-5-2-6-19-35)30-17-16-29(23-31(30)41-33)40-34(37)24-8-3-1-4-9-24/h1,3-4,7-17,22-23,36H,2,5-6,18-21H2. The summed E-state index contributed by atoms with van der Waals surface area (Å²) in [7, 11) is 0. The van der Waals surface area contributed by atoms with E-state index in [0.717, 1.165) is 45.9 Å². The van der Waals surface area contributed by atoms with Crippen LogP contribution in [0.3, 0.4) is 0 Å². The van der Waals surface area contributed by atoms with Gasteiger partial charge in [0.1, 0.15) is 29.6 Å². The lowest BCUT2D eigenvalue weighted by atomic mass is 10.1. The van der Waals surface area contributed by atoms with Crippen molar-refractivity contribution in [3.05, 3.63) is 103 Å². The first kappa shape index (κ1) is 26.9. The molecule has 1 aliphatic heterocycles. The van der Waals surface area contributed by atoms with Gasteiger partial charge in [-0.3, -0.25) is 4.90 Å². The Labute approximate surface area is 243 Å². The van der Waals surface area contributed by atoms with Crippen molar-refractivity contribution >= 4 is 27.4 Å². The van der Waals surface area contributed by atoms with E-state index in [0.29, 0.717) is 29.4 Å². The number of carbonyl (C=O) groups is 1. The molecule has 1 saturated heterocycles. The van der Waals surface area contributed by atoms with Crippen LogP contribution in [0.2, 0.25) is 0 Å². The van der Waals surface area contributed by atoms with Crippen LogP contribution in [0.4, 0.5) is 0 Å². The van der Waals surface area contributed by atoms with Crippen LogP contribution in [0.25, 0.3) is 20.5 Å². The van der Waals surface area contributed by atoms with Gasteiger partial charge >= 0.3 is 5.97 Å². The third kappa shape index (κ3) is 6.53. The number of aromatic hydroxyl groups is 1. The number of fused-ring (bicyclic) bond motifs is 1. The normalized spacial score (nSPS) is 13.7. The van der Waals surface area contributed by atoms with E-state index in [1.807, 2.05) is 54.6 Å². The molecule has 0 spiro atoms. The number of likely N-dealkylation sites (tertiary alicyclic amines) is 1. The minimum absolute atomic E-state index is 0.175. The molecule has 1 aromatic heterocycles. The number of phenols is 1. The number of benzene rings is 4. The molecule has 208 valence electrons. The van der Waals surface area contributed by atoms with Crippen LogP contribution in [0.1, 0.15) is 29.6 Å². The summed E-state index contributed by atoms with van der Waals surface area (Å²) in [6, 6.07) is 29.2. The van der Waals surface area contributed by atoms with Crippen LogP contribution in [-0.2, 0) is 0 Å². The molecule has 0 bridgehead atoms. The second kappa shape index (κ2) is 12.5. The molecule has 0 atom stereocenters. The van der Waals surface area contributed by atoms with Crippen molar-refractivity contribution in [2.24, 2.45) is 0 Å². The van der Waals surface area contributed by atoms with E-state index < -0.39 is 5.97 Å². The van der Waals surface area contributed by atoms with Crippen molar-refractivity contribution in [1.82, 2.24) is 4.90 Å². The fourth-order valence-corrected chi connectivity index (χ4v) is 6.15. The van der Waals surface area contributed by atoms with Crippen LogP contribution in [0, 0.1) is 0 Å². The van der Waals surface area contributed by atoms with Crippen LogP contribution < -0.4 is 14.2 Å². The summed E-state index contributed by atoms with van der Waals surface area (Å²) in [5.74, 6) is 2.37. The maximum Gasteiger partial charge on any atom is 0.343 e. The highest BCUT2D eigenvalue weighted by atomic mass is 32.1. The third-order valence-electron chi connectivity index (χ3n) is 7.11. The minimum Gasteiger partial charge on any atom is -0.508 e. The smallest absolute Gasteiger partial charge is 0.343 e. The fourth-order valence-electron chi connectivity index (χ4n) is 4.99. The highest BCUT2D eigenvalue weighted by Crippen LogP contribution is 2.47. The van der Waals surface area contributed by atoms with Gasteiger partial charge in [0.15, 0.2) is 5.75 Å². The number of carbonyl (C=O) groups excluding carboxylic acids is 1. The molecule has 6 nitrogen and oxygen atoms in total. The van der Waals surface area contributed by atoms with Gasteiger partial charge < -0.3 is 19.3 Å². The maximum atomic E-state index is 12.6. The molecule has 0 amide bonds. The van der Waals surface area contributed by atoms with Crippen molar-refractivity contribution in [1.29, 1.82) is 0 Å². The Morgan fingerprint density at radius 3 is 2.34 bits per heavy atom. The maximum absolute atomic E-state index is 12.6. The molecule has 0 radical (unpaired) electrons. The van der Waals surface area contributed by atoms with E-state index in [-0.39, 0.29) is 5.75 Å². The Hall–Kier alpha value is -4.33. The molecular formula is C34H31NO5S. The van der Waals surface area contributed by atoms with Gasteiger partial charge in [0.05, 0.1) is 10.4 Å². The molecule has 1 N–H and O–H groups in total. The van der Waals surface area contributed by atoms with Crippen molar-refractivity contribution in [2.75, 3.05) is 26.2 Å². The predicted molar refractivity (Wildman–Crippen MR) is 163 cm³/mol. The SMILES string of the molecule is O=C(Oc1ccc2c(Oc3ccc(OCCN4CCCCC4)cc3)c(-c3cccc(O)c3)sc2c1)c1ccccc1. The third-order valence-corrected chi connectivity index (χ3v) is 8.30. The molecule has 0 aliphatic carbocycles. The molecule has 0 unspecified atom stereocenters. The van der Waals surface area contributed by atoms with Crippen molar-refractivity contribution in [2.45, 2.75) is 19.3 Å². The topological polar surface area (TPSA) is 68.2 Å². The van der Waals surface area contributed by atoms with E-state index in [9.17, 15) is 9.90 Å². The highest BCUT2D eigenvalue weighted by molar-refractivity contribution is 7.22. The molecule has 5 aromatic rings. The van der Waals surface area contributed by atoms with Gasteiger partial charge in [-0.05, 0) is 98.2 Å². The Morgan fingerprint density at radius 2 is 1.56 bits per heavy atom. The average molecular weight is 566 g/mol. The fraction of sp³-hybridized carbons (Fsp3) is 0.206. The van der Waals surface area contributed by atoms with Crippen LogP contribution in [-0.4, -0.2) is 42.2 Å². The Morgan fingerprint density at radius 1 is 0.805 bits per heavy atom. The lowest BCUT2D eigenvalue weighted by molar-refractivity contribution is 0.0735. The number of piperidine rings is 1. The molecule has 1 aliphatic rings. The molecule has 2 heterocycles. The van der Waals surface area contributed by atoms with Gasteiger partial charge in [-0.1, -0.05) is 36.8 Å². The molecule has 1 fully saturated rings. The molecule has 4 aromatic carbocycles. The lowest BCUT2D eigenvalue weighted by Gasteiger charge is -2.26. The zero-order chi connectivity index (χ0) is 28.0. The van der Waals surface area contributed by atoms with Crippen molar-refractivity contribution < 1.29 is 24.1 Å². The minimum atomic E-state index is -0.413. The quantitative estimate of drug-likeness (QED) is 0.144. The summed E-state index contributed by atoms with van der Waals surface area (Å²) >= 11 is 1.51. The molecular weight excluding hydrogens is 534 g/mol. The lowest BCUT2D eigenvalue weighted by Crippen LogP contribution is -2.33. The van der Waals surface area contributed by atoms with Gasteiger partial charge in [0.2, 0.25) is 0 Å². The number of hydrogen-bond donors (Lipinski definition) is 1. The molecule has 41 heavy (non-hydrogen) atoms. The van der Waals surface area contributed by atoms with E-state index in [1.54, 1.807) is 42.5 Å². The van der Waals surface area contributed by atoms with Crippen molar-refractivity contribution in [3.8, 4) is 39.2 Å². The second-order valence-electron chi connectivity index (χ2n) is 10.0. The number of esters is 1. The Kier molecular flexibility index (Phi) is 8.16. The van der Waals surface area contributed by atoms with Gasteiger partial charge in [0, 0.05) is 16.6 Å². The van der Waals surface area contributed by atoms with Gasteiger partial charge in [-0.2, -0.15) is 0 Å². The zero-order valence-corrected chi connectivity index (χ0v) is 23.4.